The van der Waals surface area contributed by atoms with Gasteiger partial charge in [-0.05, 0) is 49.3 Å². The molecule has 0 aromatic heterocycles. The van der Waals surface area contributed by atoms with E-state index in [0.717, 1.165) is 54.0 Å². The number of amidine groups is 1. The number of unbranched alkanes of at least 4 members (excludes halogenated alkanes) is 2. The second kappa shape index (κ2) is 9.81. The molecule has 0 unspecified atom stereocenters. The van der Waals surface area contributed by atoms with E-state index in [0.29, 0.717) is 0 Å². The maximum absolute atomic E-state index is 10.9. The second-order valence-electron chi connectivity index (χ2n) is 8.50. The third-order valence-corrected chi connectivity index (χ3v) is 9.99. The molecule has 32 heavy (non-hydrogen) atoms. The molecule has 3 rings (SSSR count). The minimum atomic E-state index is -1.30. The summed E-state index contributed by atoms with van der Waals surface area (Å²) >= 11 is 3.39. The predicted octanol–water partition coefficient (Wildman–Crippen LogP) is 5.74. The van der Waals surface area contributed by atoms with Crippen LogP contribution in [0.5, 0.6) is 0 Å². The van der Waals surface area contributed by atoms with E-state index in [4.69, 9.17) is 10.7 Å². The Morgan fingerprint density at radius 1 is 1.03 bits per heavy atom. The lowest BCUT2D eigenvalue weighted by Gasteiger charge is -2.52. The lowest BCUT2D eigenvalue weighted by molar-refractivity contribution is 0.200. The summed E-state index contributed by atoms with van der Waals surface area (Å²) in [6.45, 7) is 8.30. The van der Waals surface area contributed by atoms with Gasteiger partial charge in [-0.15, -0.1) is 23.5 Å². The highest BCUT2D eigenvalue weighted by Gasteiger charge is 2.76. The molecular formula is C25H33N5S2. The number of allylic oxidation sites excluding steroid dienone is 1. The molecule has 3 atom stereocenters. The van der Waals surface area contributed by atoms with E-state index in [2.05, 4.69) is 31.3 Å². The molecule has 5 nitrogen and oxygen atoms in total. The van der Waals surface area contributed by atoms with Crippen molar-refractivity contribution in [1.29, 1.82) is 10.5 Å². The van der Waals surface area contributed by atoms with Gasteiger partial charge in [-0.3, -0.25) is 0 Å². The first kappa shape index (κ1) is 24.6. The van der Waals surface area contributed by atoms with Crippen molar-refractivity contribution >= 4 is 29.4 Å². The quantitative estimate of drug-likeness (QED) is 0.355. The van der Waals surface area contributed by atoms with Gasteiger partial charge in [0.1, 0.15) is 5.84 Å². The maximum atomic E-state index is 10.9. The molecular weight excluding hydrogens is 434 g/mol. The normalized spacial score (nSPS) is 28.3. The molecule has 0 fully saturated rings. The number of nitrogens with two attached hydrogens (primary N) is 1. The molecule has 1 aromatic carbocycles. The van der Waals surface area contributed by atoms with Crippen molar-refractivity contribution in [2.45, 2.75) is 63.6 Å². The fraction of sp³-hybridized carbons (Fsp3) is 0.560. The molecule has 0 aliphatic carbocycles. The maximum Gasteiger partial charge on any atom is 0.178 e. The third-order valence-electron chi connectivity index (χ3n) is 6.72. The van der Waals surface area contributed by atoms with Crippen molar-refractivity contribution in [2.24, 2.45) is 21.6 Å². The minimum Gasteiger partial charge on any atom is -0.386 e. The van der Waals surface area contributed by atoms with E-state index >= 15 is 0 Å². The summed E-state index contributed by atoms with van der Waals surface area (Å²) in [7, 11) is 0. The lowest BCUT2D eigenvalue weighted by atomic mass is 9.55. The van der Waals surface area contributed by atoms with Crippen molar-refractivity contribution in [3.05, 3.63) is 47.2 Å². The van der Waals surface area contributed by atoms with Crippen LogP contribution in [0.1, 0.15) is 65.0 Å². The highest BCUT2D eigenvalue weighted by molar-refractivity contribution is 8.18. The third kappa shape index (κ3) is 3.42. The van der Waals surface area contributed by atoms with E-state index in [-0.39, 0.29) is 5.84 Å². The van der Waals surface area contributed by atoms with Gasteiger partial charge in [-0.25, -0.2) is 4.99 Å². The van der Waals surface area contributed by atoms with Crippen molar-refractivity contribution in [2.75, 3.05) is 11.5 Å². The highest BCUT2D eigenvalue weighted by atomic mass is 32.2. The zero-order chi connectivity index (χ0) is 23.4. The molecule has 0 radical (unpaired) electrons. The lowest BCUT2D eigenvalue weighted by Crippen LogP contribution is -2.61. The molecule has 3 N–H and O–H groups in total. The monoisotopic (exact) mass is 467 g/mol. The van der Waals surface area contributed by atoms with E-state index in [1.54, 1.807) is 23.5 Å². The van der Waals surface area contributed by atoms with Crippen molar-refractivity contribution < 1.29 is 0 Å². The first-order valence-corrected chi connectivity index (χ1v) is 13.3. The second-order valence-corrected chi connectivity index (χ2v) is 11.3. The number of hydrogen-bond donors (Lipinski definition) is 2. The molecule has 2 aliphatic heterocycles. The Balaban J connectivity index is 2.30. The van der Waals surface area contributed by atoms with Crippen LogP contribution in [0.4, 0.5) is 0 Å². The zero-order valence-electron chi connectivity index (χ0n) is 19.4. The first-order chi connectivity index (χ1) is 15.4. The van der Waals surface area contributed by atoms with Crippen LogP contribution in [-0.2, 0) is 0 Å². The van der Waals surface area contributed by atoms with Crippen LogP contribution in [0.2, 0.25) is 0 Å². The number of nitriles is 2. The first-order valence-electron chi connectivity index (χ1n) is 11.4. The van der Waals surface area contributed by atoms with Crippen LogP contribution in [0.15, 0.2) is 46.6 Å². The molecule has 0 bridgehead atoms. The Labute approximate surface area is 200 Å². The Hall–Kier alpha value is -2.09. The van der Waals surface area contributed by atoms with Crippen LogP contribution >= 0.6 is 23.5 Å². The number of thioether (sulfide) groups is 2. The van der Waals surface area contributed by atoms with Crippen LogP contribution in [0, 0.1) is 33.5 Å². The molecule has 170 valence electrons. The van der Waals surface area contributed by atoms with Gasteiger partial charge in [0.2, 0.25) is 0 Å². The summed E-state index contributed by atoms with van der Waals surface area (Å²) in [6, 6.07) is 14.6. The van der Waals surface area contributed by atoms with Crippen molar-refractivity contribution in [1.82, 2.24) is 5.32 Å². The molecule has 1 aromatic rings. The summed E-state index contributed by atoms with van der Waals surface area (Å²) in [5.74, 6) is 2.00. The van der Waals surface area contributed by atoms with Crippen molar-refractivity contribution in [3.8, 4) is 12.1 Å². The van der Waals surface area contributed by atoms with E-state index in [1.165, 1.54) is 0 Å². The molecule has 7 heteroatoms. The fourth-order valence-corrected chi connectivity index (χ4v) is 8.57. The van der Waals surface area contributed by atoms with Gasteiger partial charge < -0.3 is 11.1 Å². The summed E-state index contributed by atoms with van der Waals surface area (Å²) < 4.78 is -0.855. The molecule has 0 saturated carbocycles. The average Bonchev–Trinajstić information content (AvgIpc) is 3.03. The number of fused-ring (bicyclic) bond motifs is 1. The number of rotatable bonds is 9. The Bertz CT molecular complexity index is 964. The van der Waals surface area contributed by atoms with Gasteiger partial charge in [0.05, 0.1) is 18.2 Å². The smallest absolute Gasteiger partial charge is 0.178 e. The van der Waals surface area contributed by atoms with Crippen LogP contribution in [0.25, 0.3) is 0 Å². The SMILES string of the molecule is CCCCSC1(SCCCC)N=C(N)[C@@]2(C#N)[C@H](c3ccccc3)NC(C)=C(C)[C@@]12C#N. The van der Waals surface area contributed by atoms with E-state index in [1.807, 2.05) is 44.2 Å². The van der Waals surface area contributed by atoms with Gasteiger partial charge in [0.15, 0.2) is 15.0 Å². The molecule has 2 aliphatic rings. The Morgan fingerprint density at radius 2 is 1.62 bits per heavy atom. The standard InChI is InChI=1S/C25H33N5S2/c1-5-7-14-31-25(32-15-8-6-2)24(17-27)18(3)19(4)29-21(20-12-10-9-11-13-20)23(24,16-26)22(28)30-25/h9-13,21,29H,5-8,14-15H2,1-4H3,(H2,28,30)/t21-,23+,24+/m0/s1. The summed E-state index contributed by atoms with van der Waals surface area (Å²) in [5, 5.41) is 25.3. The predicted molar refractivity (Wildman–Crippen MR) is 136 cm³/mol. The summed E-state index contributed by atoms with van der Waals surface area (Å²) in [4.78, 5) is 5.06. The number of nitrogens with one attached hydrogen (secondary N) is 1. The topological polar surface area (TPSA) is 98.0 Å². The number of hydrogen-bond acceptors (Lipinski definition) is 7. The number of aliphatic imine (C=N–C) groups is 1. The largest absolute Gasteiger partial charge is 0.386 e. The van der Waals surface area contributed by atoms with Crippen LogP contribution in [0.3, 0.4) is 0 Å². The number of benzene rings is 1. The number of nitrogens with zero attached hydrogens (tertiary/aromatic N) is 3. The zero-order valence-corrected chi connectivity index (χ0v) is 21.1. The highest BCUT2D eigenvalue weighted by Crippen LogP contribution is 2.71. The minimum absolute atomic E-state index is 0.266. The van der Waals surface area contributed by atoms with Gasteiger partial charge in [0, 0.05) is 5.70 Å². The van der Waals surface area contributed by atoms with Crippen molar-refractivity contribution in [3.63, 3.8) is 0 Å². The van der Waals surface area contributed by atoms with Crippen LogP contribution < -0.4 is 11.1 Å². The van der Waals surface area contributed by atoms with Gasteiger partial charge in [-0.2, -0.15) is 10.5 Å². The van der Waals surface area contributed by atoms with Gasteiger partial charge >= 0.3 is 0 Å². The molecule has 0 saturated heterocycles. The molecule has 0 spiro atoms. The van der Waals surface area contributed by atoms with Crippen LogP contribution in [-0.4, -0.2) is 21.5 Å². The fourth-order valence-electron chi connectivity index (χ4n) is 4.84. The summed E-state index contributed by atoms with van der Waals surface area (Å²) in [6.07, 6.45) is 4.18. The molecule has 0 amide bonds. The average molecular weight is 468 g/mol. The Kier molecular flexibility index (Phi) is 7.53. The Morgan fingerprint density at radius 3 is 2.12 bits per heavy atom. The van der Waals surface area contributed by atoms with E-state index in [9.17, 15) is 10.5 Å². The van der Waals surface area contributed by atoms with Gasteiger partial charge in [-0.1, -0.05) is 57.0 Å². The molecule has 2 heterocycles. The van der Waals surface area contributed by atoms with Gasteiger partial charge in [0.25, 0.3) is 0 Å². The van der Waals surface area contributed by atoms with E-state index < -0.39 is 21.1 Å². The summed E-state index contributed by atoms with van der Waals surface area (Å²) in [5.41, 5.74) is 6.95.